The van der Waals surface area contributed by atoms with Gasteiger partial charge >= 0.3 is 7.60 Å². The maximum atomic E-state index is 10.7. The second kappa shape index (κ2) is 21.3. The molecule has 0 fully saturated rings. The van der Waals surface area contributed by atoms with Crippen LogP contribution >= 0.6 is 7.60 Å². The highest BCUT2D eigenvalue weighted by Gasteiger charge is 2.19. The summed E-state index contributed by atoms with van der Waals surface area (Å²) in [5.74, 6) is 1.78. The summed E-state index contributed by atoms with van der Waals surface area (Å²) >= 11 is 0. The van der Waals surface area contributed by atoms with Crippen LogP contribution in [0.2, 0.25) is 0 Å². The van der Waals surface area contributed by atoms with Gasteiger partial charge in [-0.05, 0) is 37.0 Å². The third-order valence-corrected chi connectivity index (χ3v) is 6.83. The van der Waals surface area contributed by atoms with Crippen LogP contribution in [0.4, 0.5) is 0 Å². The van der Waals surface area contributed by atoms with E-state index in [2.05, 4.69) is 34.6 Å². The molecule has 3 unspecified atom stereocenters. The predicted octanol–water partition coefficient (Wildman–Crippen LogP) is 7.82. The lowest BCUT2D eigenvalue weighted by Gasteiger charge is -2.18. The molecule has 0 aromatic rings. The van der Waals surface area contributed by atoms with E-state index in [4.69, 9.17) is 14.5 Å². The average Bonchev–Trinajstić information content (AvgIpc) is 2.69. The number of rotatable bonds is 18. The average molecular weight is 437 g/mol. The molecule has 178 valence electrons. The van der Waals surface area contributed by atoms with Crippen molar-refractivity contribution in [1.82, 2.24) is 0 Å². The van der Waals surface area contributed by atoms with Gasteiger partial charge in [-0.3, -0.25) is 4.57 Å². The predicted molar refractivity (Wildman–Crippen MR) is 128 cm³/mol. The normalized spacial score (nSPS) is 14.8. The highest BCUT2D eigenvalue weighted by Crippen LogP contribution is 2.38. The lowest BCUT2D eigenvalue weighted by molar-refractivity contribution is 0.0630. The molecule has 0 rings (SSSR count). The molecule has 0 heterocycles. The topological polar surface area (TPSA) is 66.8 Å². The molecule has 29 heavy (non-hydrogen) atoms. The molecule has 5 heteroatoms. The summed E-state index contributed by atoms with van der Waals surface area (Å²) in [4.78, 5) is 17.5. The van der Waals surface area contributed by atoms with Gasteiger partial charge in [-0.15, -0.1) is 0 Å². The van der Waals surface area contributed by atoms with Gasteiger partial charge in [-0.25, -0.2) is 0 Å². The van der Waals surface area contributed by atoms with Crippen LogP contribution in [0.3, 0.4) is 0 Å². The first-order chi connectivity index (χ1) is 13.8. The Kier molecular flexibility index (Phi) is 23.0. The monoisotopic (exact) mass is 436 g/mol. The Hall–Kier alpha value is 0.110. The quantitative estimate of drug-likeness (QED) is 0.215. The van der Waals surface area contributed by atoms with Crippen molar-refractivity contribution >= 4 is 7.60 Å². The van der Waals surface area contributed by atoms with E-state index in [-0.39, 0.29) is 12.1 Å². The van der Waals surface area contributed by atoms with Crippen molar-refractivity contribution in [2.75, 3.05) is 19.4 Å². The smallest absolute Gasteiger partial charge is 0.325 e. The fraction of sp³-hybridized carbons (Fsp3) is 1.00. The summed E-state index contributed by atoms with van der Waals surface area (Å²) in [6.07, 6.45) is 14.6. The highest BCUT2D eigenvalue weighted by molar-refractivity contribution is 7.51. The van der Waals surface area contributed by atoms with E-state index in [0.717, 1.165) is 50.7 Å². The number of hydrogen-bond acceptors (Lipinski definition) is 2. The maximum absolute atomic E-state index is 10.7. The molecule has 0 aliphatic heterocycles. The van der Waals surface area contributed by atoms with Gasteiger partial charge in [-0.2, -0.15) is 0 Å². The van der Waals surface area contributed by atoms with Crippen LogP contribution in [-0.2, 0) is 9.30 Å². The van der Waals surface area contributed by atoms with Gasteiger partial charge in [0.25, 0.3) is 0 Å². The first-order valence-corrected chi connectivity index (χ1v) is 14.2. The second-order valence-corrected chi connectivity index (χ2v) is 10.3. The van der Waals surface area contributed by atoms with Crippen LogP contribution in [0.15, 0.2) is 0 Å². The fourth-order valence-corrected chi connectivity index (χ4v) is 4.56. The molecular weight excluding hydrogens is 383 g/mol. The molecule has 0 aliphatic rings. The minimum Gasteiger partial charge on any atom is -0.381 e. The zero-order valence-electron chi connectivity index (χ0n) is 20.5. The van der Waals surface area contributed by atoms with Gasteiger partial charge in [-0.1, -0.05) is 99.3 Å². The lowest BCUT2D eigenvalue weighted by atomic mass is 9.99. The molecule has 2 N–H and O–H groups in total. The zero-order valence-corrected chi connectivity index (χ0v) is 21.4. The summed E-state index contributed by atoms with van der Waals surface area (Å²) in [6, 6.07) is 0. The van der Waals surface area contributed by atoms with Crippen LogP contribution in [0.25, 0.3) is 0 Å². The third-order valence-electron chi connectivity index (χ3n) is 5.83. The Morgan fingerprint density at radius 1 is 0.655 bits per heavy atom. The van der Waals surface area contributed by atoms with Crippen LogP contribution in [-0.4, -0.2) is 29.2 Å². The molecule has 0 amide bonds. The molecular formula is C24H53O4P. The number of unbranched alkanes of at least 4 members (excludes halogenated alkanes) is 3. The molecule has 0 saturated heterocycles. The SMILES string of the molecule is CCCCC(CC)COCC(CC)CCCC.CCCCC(CC)CP(=O)(O)O. The van der Waals surface area contributed by atoms with Crippen molar-refractivity contribution in [3.8, 4) is 0 Å². The highest BCUT2D eigenvalue weighted by atomic mass is 31.2. The first kappa shape index (κ1) is 31.3. The minimum atomic E-state index is -3.78. The summed E-state index contributed by atoms with van der Waals surface area (Å²) in [7, 11) is -3.78. The van der Waals surface area contributed by atoms with Crippen molar-refractivity contribution in [3.05, 3.63) is 0 Å². The van der Waals surface area contributed by atoms with Crippen LogP contribution in [0.5, 0.6) is 0 Å². The van der Waals surface area contributed by atoms with Gasteiger partial charge in [0.15, 0.2) is 0 Å². The maximum Gasteiger partial charge on any atom is 0.325 e. The summed E-state index contributed by atoms with van der Waals surface area (Å²) in [5, 5.41) is 0. The second-order valence-electron chi connectivity index (χ2n) is 8.63. The molecule has 0 aliphatic carbocycles. The van der Waals surface area contributed by atoms with Crippen molar-refractivity contribution < 1.29 is 19.1 Å². The Bertz CT molecular complexity index is 354. The van der Waals surface area contributed by atoms with Crippen molar-refractivity contribution in [2.24, 2.45) is 17.8 Å². The summed E-state index contributed by atoms with van der Waals surface area (Å²) in [5.41, 5.74) is 0. The molecule has 0 saturated carbocycles. The van der Waals surface area contributed by atoms with Gasteiger partial charge in [0.05, 0.1) is 6.16 Å². The van der Waals surface area contributed by atoms with Crippen molar-refractivity contribution in [3.63, 3.8) is 0 Å². The van der Waals surface area contributed by atoms with Crippen LogP contribution < -0.4 is 0 Å². The van der Waals surface area contributed by atoms with E-state index < -0.39 is 7.60 Å². The molecule has 0 spiro atoms. The van der Waals surface area contributed by atoms with Crippen molar-refractivity contribution in [1.29, 1.82) is 0 Å². The van der Waals surface area contributed by atoms with Crippen LogP contribution in [0.1, 0.15) is 119 Å². The van der Waals surface area contributed by atoms with E-state index >= 15 is 0 Å². The first-order valence-electron chi connectivity index (χ1n) is 12.4. The Morgan fingerprint density at radius 2 is 1.00 bits per heavy atom. The largest absolute Gasteiger partial charge is 0.381 e. The lowest BCUT2D eigenvalue weighted by Crippen LogP contribution is -2.14. The molecule has 0 radical (unpaired) electrons. The van der Waals surface area contributed by atoms with E-state index in [9.17, 15) is 4.57 Å². The fourth-order valence-electron chi connectivity index (χ4n) is 3.45. The third kappa shape index (κ3) is 22.6. The molecule has 3 atom stereocenters. The van der Waals surface area contributed by atoms with Gasteiger partial charge < -0.3 is 14.5 Å². The minimum absolute atomic E-state index is 0.0590. The Balaban J connectivity index is 0. The van der Waals surface area contributed by atoms with E-state index in [1.165, 1.54) is 51.4 Å². The van der Waals surface area contributed by atoms with E-state index in [1.54, 1.807) is 0 Å². The van der Waals surface area contributed by atoms with E-state index in [1.807, 2.05) is 6.92 Å². The Labute approximate surface area is 182 Å². The molecule has 0 aromatic heterocycles. The van der Waals surface area contributed by atoms with E-state index in [0.29, 0.717) is 0 Å². The molecule has 0 aromatic carbocycles. The van der Waals surface area contributed by atoms with Gasteiger partial charge in [0.1, 0.15) is 0 Å². The summed E-state index contributed by atoms with van der Waals surface area (Å²) < 4.78 is 16.6. The molecule has 4 nitrogen and oxygen atoms in total. The van der Waals surface area contributed by atoms with Gasteiger partial charge in [0.2, 0.25) is 0 Å². The van der Waals surface area contributed by atoms with Gasteiger partial charge in [0, 0.05) is 13.2 Å². The Morgan fingerprint density at radius 3 is 1.28 bits per heavy atom. The molecule has 0 bridgehead atoms. The number of ether oxygens (including phenoxy) is 1. The summed E-state index contributed by atoms with van der Waals surface area (Å²) in [6.45, 7) is 15.2. The zero-order chi connectivity index (χ0) is 22.5. The van der Waals surface area contributed by atoms with Crippen molar-refractivity contribution in [2.45, 2.75) is 119 Å². The number of hydrogen-bond donors (Lipinski definition) is 2. The van der Waals surface area contributed by atoms with Crippen LogP contribution in [0, 0.1) is 17.8 Å². The standard InChI is InChI=1S/C16H34O.C8H19O3P/c1-5-9-11-15(7-3)13-17-14-16(8-4)12-10-6-2;1-3-5-6-8(4-2)7-12(9,10)11/h15-16H,5-14H2,1-4H3;8H,3-7H2,1-2H3,(H2,9,10,11).